The fourth-order valence-electron chi connectivity index (χ4n) is 3.10. The normalized spacial score (nSPS) is 19.5. The number of β-amino-alcohol motifs (C(OH)–C–C–N with tert-alkyl or cyclic N) is 1. The van der Waals surface area contributed by atoms with E-state index in [0.29, 0.717) is 36.6 Å². The van der Waals surface area contributed by atoms with Crippen LogP contribution in [0.1, 0.15) is 32.0 Å². The molecule has 0 bridgehead atoms. The van der Waals surface area contributed by atoms with E-state index in [2.05, 4.69) is 5.32 Å². The Bertz CT molecular complexity index is 745. The van der Waals surface area contributed by atoms with Crippen LogP contribution in [0.15, 0.2) is 41.8 Å². The smallest absolute Gasteiger partial charge is 0.261 e. The summed E-state index contributed by atoms with van der Waals surface area (Å²) < 4.78 is 5.15. The molecule has 7 heteroatoms. The first-order valence-corrected chi connectivity index (χ1v) is 9.35. The lowest BCUT2D eigenvalue weighted by atomic mass is 10.1. The average molecular weight is 374 g/mol. The van der Waals surface area contributed by atoms with Crippen molar-refractivity contribution in [3.05, 3.63) is 57.8 Å². The number of aliphatic hydroxyl groups excluding tert-OH is 1. The van der Waals surface area contributed by atoms with Gasteiger partial charge in [-0.1, -0.05) is 18.2 Å². The summed E-state index contributed by atoms with van der Waals surface area (Å²) in [6.45, 7) is 1.14. The topological polar surface area (TPSA) is 78.9 Å². The number of aliphatic hydroxyl groups is 1. The first-order valence-electron chi connectivity index (χ1n) is 8.47. The van der Waals surface area contributed by atoms with Crippen LogP contribution in [0.25, 0.3) is 0 Å². The Kier molecular flexibility index (Phi) is 6.03. The quantitative estimate of drug-likeness (QED) is 0.809. The van der Waals surface area contributed by atoms with Gasteiger partial charge >= 0.3 is 0 Å². The summed E-state index contributed by atoms with van der Waals surface area (Å²) in [6, 6.07) is 10.7. The highest BCUT2D eigenvalue weighted by Crippen LogP contribution is 2.21. The molecule has 1 fully saturated rings. The molecule has 0 spiro atoms. The standard InChI is InChI=1S/C19H22N2O4S/c1-25-12-15-9-16(22)11-21(15)19(24)14-6-4-13(5-7-14)10-20-18(23)17-3-2-8-26-17/h2-8,15-16,22H,9-12H2,1H3,(H,20,23)/t15-,16+/m0/s1. The molecule has 0 aliphatic carbocycles. The van der Waals surface area contributed by atoms with Gasteiger partial charge in [0.1, 0.15) is 0 Å². The van der Waals surface area contributed by atoms with Crippen LogP contribution in [0.2, 0.25) is 0 Å². The van der Waals surface area contributed by atoms with Gasteiger partial charge in [-0.05, 0) is 35.6 Å². The first-order chi connectivity index (χ1) is 12.6. The van der Waals surface area contributed by atoms with Crippen LogP contribution >= 0.6 is 11.3 Å². The molecule has 3 rings (SSSR count). The second kappa shape index (κ2) is 8.44. The molecule has 0 unspecified atom stereocenters. The summed E-state index contributed by atoms with van der Waals surface area (Å²) in [4.78, 5) is 27.0. The van der Waals surface area contributed by atoms with Crippen molar-refractivity contribution >= 4 is 23.2 Å². The maximum Gasteiger partial charge on any atom is 0.261 e. The zero-order valence-corrected chi connectivity index (χ0v) is 15.4. The van der Waals surface area contributed by atoms with Gasteiger partial charge in [-0.15, -0.1) is 11.3 Å². The fourth-order valence-corrected chi connectivity index (χ4v) is 3.74. The summed E-state index contributed by atoms with van der Waals surface area (Å²) in [6.07, 6.45) is 0.0257. The minimum Gasteiger partial charge on any atom is -0.391 e. The Morgan fingerprint density at radius 3 is 2.73 bits per heavy atom. The molecular formula is C19H22N2O4S. The molecule has 2 atom stereocenters. The fraction of sp³-hybridized carbons (Fsp3) is 0.368. The van der Waals surface area contributed by atoms with E-state index in [9.17, 15) is 14.7 Å². The van der Waals surface area contributed by atoms with Crippen molar-refractivity contribution in [1.29, 1.82) is 0 Å². The third-order valence-electron chi connectivity index (χ3n) is 4.41. The Balaban J connectivity index is 1.60. The predicted molar refractivity (Wildman–Crippen MR) is 99.3 cm³/mol. The number of methoxy groups -OCH3 is 1. The van der Waals surface area contributed by atoms with Crippen LogP contribution < -0.4 is 5.32 Å². The van der Waals surface area contributed by atoms with E-state index in [1.807, 2.05) is 23.6 Å². The number of carbonyl (C=O) groups is 2. The minimum atomic E-state index is -0.508. The van der Waals surface area contributed by atoms with Crippen molar-refractivity contribution in [2.24, 2.45) is 0 Å². The third kappa shape index (κ3) is 4.30. The molecule has 0 radical (unpaired) electrons. The zero-order valence-electron chi connectivity index (χ0n) is 14.6. The molecule has 2 amide bonds. The van der Waals surface area contributed by atoms with E-state index >= 15 is 0 Å². The number of ether oxygens (including phenoxy) is 1. The maximum absolute atomic E-state index is 12.7. The van der Waals surface area contributed by atoms with E-state index < -0.39 is 6.10 Å². The van der Waals surface area contributed by atoms with Crippen LogP contribution in [-0.2, 0) is 11.3 Å². The Labute approximate surface area is 156 Å². The van der Waals surface area contributed by atoms with Crippen LogP contribution in [0.5, 0.6) is 0 Å². The molecule has 2 N–H and O–H groups in total. The van der Waals surface area contributed by atoms with Crippen molar-refractivity contribution in [2.75, 3.05) is 20.3 Å². The molecule has 2 heterocycles. The Morgan fingerprint density at radius 2 is 2.08 bits per heavy atom. The van der Waals surface area contributed by atoms with Crippen LogP contribution in [0.3, 0.4) is 0 Å². The predicted octanol–water partition coefficient (Wildman–Crippen LogP) is 1.90. The SMILES string of the molecule is COC[C@@H]1C[C@@H](O)CN1C(=O)c1ccc(CNC(=O)c2cccs2)cc1. The van der Waals surface area contributed by atoms with Gasteiger partial charge in [0.2, 0.25) is 0 Å². The molecule has 0 saturated carbocycles. The Morgan fingerprint density at radius 1 is 1.31 bits per heavy atom. The highest BCUT2D eigenvalue weighted by Gasteiger charge is 2.34. The van der Waals surface area contributed by atoms with Gasteiger partial charge in [-0.2, -0.15) is 0 Å². The molecule has 26 heavy (non-hydrogen) atoms. The number of nitrogens with one attached hydrogen (secondary N) is 1. The lowest BCUT2D eigenvalue weighted by Crippen LogP contribution is -2.38. The van der Waals surface area contributed by atoms with Crippen LogP contribution in [0, 0.1) is 0 Å². The third-order valence-corrected chi connectivity index (χ3v) is 5.28. The summed E-state index contributed by atoms with van der Waals surface area (Å²) in [7, 11) is 1.59. The van der Waals surface area contributed by atoms with Gasteiger partial charge in [0.05, 0.1) is 23.6 Å². The van der Waals surface area contributed by atoms with Crippen LogP contribution in [-0.4, -0.2) is 54.2 Å². The van der Waals surface area contributed by atoms with E-state index in [1.165, 1.54) is 11.3 Å². The highest BCUT2D eigenvalue weighted by molar-refractivity contribution is 7.12. The van der Waals surface area contributed by atoms with Crippen LogP contribution in [0.4, 0.5) is 0 Å². The number of carbonyl (C=O) groups excluding carboxylic acids is 2. The largest absolute Gasteiger partial charge is 0.391 e. The number of hydrogen-bond acceptors (Lipinski definition) is 5. The van der Waals surface area contributed by atoms with E-state index in [4.69, 9.17) is 4.74 Å². The molecule has 2 aromatic rings. The average Bonchev–Trinajstić information content (AvgIpc) is 3.30. The summed E-state index contributed by atoms with van der Waals surface area (Å²) in [5.74, 6) is -0.216. The van der Waals surface area contributed by atoms with E-state index in [0.717, 1.165) is 5.56 Å². The van der Waals surface area contributed by atoms with Crippen molar-refractivity contribution in [2.45, 2.75) is 25.1 Å². The molecule has 1 saturated heterocycles. The monoisotopic (exact) mass is 374 g/mol. The first kappa shape index (κ1) is 18.6. The van der Waals surface area contributed by atoms with Gasteiger partial charge in [-0.3, -0.25) is 9.59 Å². The second-order valence-corrected chi connectivity index (χ2v) is 7.26. The van der Waals surface area contributed by atoms with Gasteiger partial charge < -0.3 is 20.1 Å². The number of rotatable bonds is 6. The van der Waals surface area contributed by atoms with Crippen molar-refractivity contribution < 1.29 is 19.4 Å². The highest BCUT2D eigenvalue weighted by atomic mass is 32.1. The minimum absolute atomic E-state index is 0.103. The number of nitrogens with zero attached hydrogens (tertiary/aromatic N) is 1. The lowest BCUT2D eigenvalue weighted by Gasteiger charge is -2.23. The van der Waals surface area contributed by atoms with Gasteiger partial charge in [0, 0.05) is 25.8 Å². The number of hydrogen-bond donors (Lipinski definition) is 2. The van der Waals surface area contributed by atoms with Crippen molar-refractivity contribution in [3.8, 4) is 0 Å². The van der Waals surface area contributed by atoms with Crippen molar-refractivity contribution in [1.82, 2.24) is 10.2 Å². The molecule has 6 nitrogen and oxygen atoms in total. The molecule has 1 aromatic heterocycles. The molecular weight excluding hydrogens is 352 g/mol. The van der Waals surface area contributed by atoms with Gasteiger partial charge in [0.15, 0.2) is 0 Å². The number of amides is 2. The molecule has 138 valence electrons. The summed E-state index contributed by atoms with van der Waals surface area (Å²) >= 11 is 1.40. The van der Waals surface area contributed by atoms with E-state index in [-0.39, 0.29) is 17.9 Å². The number of likely N-dealkylation sites (tertiary alicyclic amines) is 1. The molecule has 1 aliphatic heterocycles. The molecule has 1 aliphatic rings. The number of thiophene rings is 1. The molecule has 1 aromatic carbocycles. The lowest BCUT2D eigenvalue weighted by molar-refractivity contribution is 0.0622. The number of benzene rings is 1. The van der Waals surface area contributed by atoms with Gasteiger partial charge in [-0.25, -0.2) is 0 Å². The summed E-state index contributed by atoms with van der Waals surface area (Å²) in [5.41, 5.74) is 1.48. The summed E-state index contributed by atoms with van der Waals surface area (Å²) in [5, 5.41) is 14.6. The zero-order chi connectivity index (χ0) is 18.5. The second-order valence-electron chi connectivity index (χ2n) is 6.31. The maximum atomic E-state index is 12.7. The van der Waals surface area contributed by atoms with Gasteiger partial charge in [0.25, 0.3) is 11.8 Å². The van der Waals surface area contributed by atoms with E-state index in [1.54, 1.807) is 30.2 Å². The van der Waals surface area contributed by atoms with Crippen molar-refractivity contribution in [3.63, 3.8) is 0 Å². The Hall–Kier alpha value is -2.22.